The molecule has 0 saturated carbocycles. The largest absolute Gasteiger partial charge is 0.480 e. The maximum Gasteiger partial charge on any atom is 0.323 e. The van der Waals surface area contributed by atoms with Crippen LogP contribution in [-0.2, 0) is 25.7 Å². The summed E-state index contributed by atoms with van der Waals surface area (Å²) in [5.74, 6) is -4.51. The van der Waals surface area contributed by atoms with Gasteiger partial charge in [0.2, 0.25) is 0 Å². The number of carboxylic acid groups (broad SMARTS) is 2. The molecule has 134 valence electrons. The molecular formula is C14H14N2O9. The highest BCUT2D eigenvalue weighted by molar-refractivity contribution is 5.98. The Morgan fingerprint density at radius 1 is 1.16 bits per heavy atom. The normalized spacial score (nSPS) is 9.96. The van der Waals surface area contributed by atoms with Gasteiger partial charge in [-0.25, -0.2) is 0 Å². The molecule has 0 saturated heterocycles. The van der Waals surface area contributed by atoms with Gasteiger partial charge in [0.25, 0.3) is 11.6 Å². The standard InChI is InChI=1S/C14H14N2O9/c1-8(17)25-7-10-3-2-9(4-11(10)16(23)24)14(22)15(5-12(18)19)6-13(20)21/h2-4H,5-7H2,1H3,(H,18,19)(H,20,21). The minimum Gasteiger partial charge on any atom is -0.480 e. The van der Waals surface area contributed by atoms with Crippen molar-refractivity contribution in [3.8, 4) is 0 Å². The van der Waals surface area contributed by atoms with Crippen LogP contribution < -0.4 is 0 Å². The smallest absolute Gasteiger partial charge is 0.323 e. The number of benzene rings is 1. The molecule has 11 heteroatoms. The van der Waals surface area contributed by atoms with E-state index in [1.54, 1.807) is 0 Å². The quantitative estimate of drug-likeness (QED) is 0.378. The van der Waals surface area contributed by atoms with Gasteiger partial charge in [-0.3, -0.25) is 29.3 Å². The van der Waals surface area contributed by atoms with E-state index in [-0.39, 0.29) is 17.7 Å². The Hall–Kier alpha value is -3.50. The summed E-state index contributed by atoms with van der Waals surface area (Å²) < 4.78 is 4.68. The molecule has 0 fully saturated rings. The Labute approximate surface area is 140 Å². The molecule has 0 aromatic heterocycles. The average molecular weight is 354 g/mol. The minimum absolute atomic E-state index is 0.0276. The van der Waals surface area contributed by atoms with Gasteiger partial charge in [0.1, 0.15) is 19.7 Å². The molecular weight excluding hydrogens is 340 g/mol. The summed E-state index contributed by atoms with van der Waals surface area (Å²) in [4.78, 5) is 55.4. The summed E-state index contributed by atoms with van der Waals surface area (Å²) in [5, 5.41) is 28.6. The zero-order valence-corrected chi connectivity index (χ0v) is 13.0. The predicted molar refractivity (Wildman–Crippen MR) is 79.7 cm³/mol. The van der Waals surface area contributed by atoms with Crippen molar-refractivity contribution < 1.29 is 39.1 Å². The Bertz CT molecular complexity index is 713. The van der Waals surface area contributed by atoms with Crippen LogP contribution in [0.2, 0.25) is 0 Å². The van der Waals surface area contributed by atoms with E-state index in [0.717, 1.165) is 19.1 Å². The van der Waals surface area contributed by atoms with E-state index < -0.39 is 47.5 Å². The third-order valence-electron chi connectivity index (χ3n) is 2.90. The Balaban J connectivity index is 3.17. The zero-order chi connectivity index (χ0) is 19.1. The van der Waals surface area contributed by atoms with E-state index in [9.17, 15) is 29.3 Å². The highest BCUT2D eigenvalue weighted by Crippen LogP contribution is 2.22. The van der Waals surface area contributed by atoms with E-state index >= 15 is 0 Å². The molecule has 0 aliphatic rings. The Morgan fingerprint density at radius 3 is 2.16 bits per heavy atom. The molecule has 0 aliphatic heterocycles. The van der Waals surface area contributed by atoms with Gasteiger partial charge in [-0.15, -0.1) is 0 Å². The Morgan fingerprint density at radius 2 is 1.72 bits per heavy atom. The van der Waals surface area contributed by atoms with Crippen molar-refractivity contribution in [2.75, 3.05) is 13.1 Å². The van der Waals surface area contributed by atoms with Crippen LogP contribution in [-0.4, -0.2) is 56.9 Å². The van der Waals surface area contributed by atoms with Crippen molar-refractivity contribution in [3.63, 3.8) is 0 Å². The van der Waals surface area contributed by atoms with E-state index in [2.05, 4.69) is 4.74 Å². The molecule has 0 unspecified atom stereocenters. The molecule has 0 radical (unpaired) electrons. The maximum atomic E-state index is 12.3. The summed E-state index contributed by atoms with van der Waals surface area (Å²) >= 11 is 0. The van der Waals surface area contributed by atoms with Crippen molar-refractivity contribution in [3.05, 3.63) is 39.4 Å². The van der Waals surface area contributed by atoms with Crippen molar-refractivity contribution >= 4 is 29.5 Å². The molecule has 0 atom stereocenters. The average Bonchev–Trinajstić information content (AvgIpc) is 2.50. The molecule has 0 spiro atoms. The van der Waals surface area contributed by atoms with Gasteiger partial charge in [-0.1, -0.05) is 0 Å². The second-order valence-corrected chi connectivity index (χ2v) is 4.83. The van der Waals surface area contributed by atoms with Gasteiger partial charge in [0.05, 0.1) is 10.5 Å². The lowest BCUT2D eigenvalue weighted by Crippen LogP contribution is -2.39. The van der Waals surface area contributed by atoms with Gasteiger partial charge < -0.3 is 19.8 Å². The lowest BCUT2D eigenvalue weighted by molar-refractivity contribution is -0.385. The van der Waals surface area contributed by atoms with Gasteiger partial charge in [0.15, 0.2) is 0 Å². The topological polar surface area (TPSA) is 164 Å². The number of nitro groups is 1. The fraction of sp³-hybridized carbons (Fsp3) is 0.286. The summed E-state index contributed by atoms with van der Waals surface area (Å²) in [6.45, 7) is -1.02. The van der Waals surface area contributed by atoms with Crippen LogP contribution in [0.15, 0.2) is 18.2 Å². The number of hydrogen-bond donors (Lipinski definition) is 2. The first kappa shape index (κ1) is 19.5. The van der Waals surface area contributed by atoms with E-state index in [1.807, 2.05) is 0 Å². The fourth-order valence-corrected chi connectivity index (χ4v) is 1.88. The zero-order valence-electron chi connectivity index (χ0n) is 13.0. The lowest BCUT2D eigenvalue weighted by Gasteiger charge is -2.18. The molecule has 1 amide bonds. The lowest BCUT2D eigenvalue weighted by atomic mass is 10.1. The first-order chi connectivity index (χ1) is 11.6. The number of rotatable bonds is 8. The molecule has 0 aliphatic carbocycles. The number of nitro benzene ring substituents is 1. The number of carboxylic acids is 2. The van der Waals surface area contributed by atoms with Gasteiger partial charge in [-0.2, -0.15) is 0 Å². The second kappa shape index (κ2) is 8.38. The monoisotopic (exact) mass is 354 g/mol. The van der Waals surface area contributed by atoms with Crippen LogP contribution in [0.3, 0.4) is 0 Å². The summed E-state index contributed by atoms with van der Waals surface area (Å²) in [5.41, 5.74) is -0.752. The number of hydrogen-bond acceptors (Lipinski definition) is 7. The van der Waals surface area contributed by atoms with Crippen molar-refractivity contribution in [2.24, 2.45) is 0 Å². The first-order valence-corrected chi connectivity index (χ1v) is 6.75. The molecule has 11 nitrogen and oxygen atoms in total. The Kier molecular flexibility index (Phi) is 6.55. The summed E-state index contributed by atoms with van der Waals surface area (Å²) in [6, 6.07) is 3.21. The number of carbonyl (C=O) groups is 4. The number of ether oxygens (including phenoxy) is 1. The first-order valence-electron chi connectivity index (χ1n) is 6.75. The molecule has 0 bridgehead atoms. The minimum atomic E-state index is -1.43. The van der Waals surface area contributed by atoms with Crippen molar-refractivity contribution in [1.29, 1.82) is 0 Å². The summed E-state index contributed by atoms with van der Waals surface area (Å²) in [6.07, 6.45) is 0. The maximum absolute atomic E-state index is 12.3. The SMILES string of the molecule is CC(=O)OCc1ccc(C(=O)N(CC(=O)O)CC(=O)O)cc1[N+](=O)[O-]. The van der Waals surface area contributed by atoms with Crippen LogP contribution >= 0.6 is 0 Å². The van der Waals surface area contributed by atoms with Gasteiger partial charge in [-0.05, 0) is 12.1 Å². The van der Waals surface area contributed by atoms with Crippen LogP contribution in [0.1, 0.15) is 22.8 Å². The van der Waals surface area contributed by atoms with E-state index in [0.29, 0.717) is 4.90 Å². The number of amides is 1. The molecule has 1 aromatic carbocycles. The molecule has 1 rings (SSSR count). The molecule has 1 aromatic rings. The van der Waals surface area contributed by atoms with Gasteiger partial charge >= 0.3 is 17.9 Å². The second-order valence-electron chi connectivity index (χ2n) is 4.83. The van der Waals surface area contributed by atoms with Crippen LogP contribution in [0.25, 0.3) is 0 Å². The molecule has 2 N–H and O–H groups in total. The molecule has 25 heavy (non-hydrogen) atoms. The fourth-order valence-electron chi connectivity index (χ4n) is 1.88. The van der Waals surface area contributed by atoms with Crippen LogP contribution in [0.4, 0.5) is 5.69 Å². The predicted octanol–water partition coefficient (Wildman–Crippen LogP) is 0.269. The number of esters is 1. The number of nitrogens with zero attached hydrogens (tertiary/aromatic N) is 2. The number of aliphatic carboxylic acids is 2. The summed E-state index contributed by atoms with van der Waals surface area (Å²) in [7, 11) is 0. The van der Waals surface area contributed by atoms with Crippen LogP contribution in [0, 0.1) is 10.1 Å². The highest BCUT2D eigenvalue weighted by Gasteiger charge is 2.24. The van der Waals surface area contributed by atoms with Crippen molar-refractivity contribution in [2.45, 2.75) is 13.5 Å². The third kappa shape index (κ3) is 5.89. The van der Waals surface area contributed by atoms with E-state index in [4.69, 9.17) is 10.2 Å². The van der Waals surface area contributed by atoms with Gasteiger partial charge in [0, 0.05) is 18.6 Å². The number of carbonyl (C=O) groups excluding carboxylic acids is 2. The third-order valence-corrected chi connectivity index (χ3v) is 2.90. The van der Waals surface area contributed by atoms with E-state index in [1.165, 1.54) is 6.07 Å². The molecule has 0 heterocycles. The van der Waals surface area contributed by atoms with Crippen LogP contribution in [0.5, 0.6) is 0 Å². The van der Waals surface area contributed by atoms with Crippen molar-refractivity contribution in [1.82, 2.24) is 4.90 Å². The highest BCUT2D eigenvalue weighted by atomic mass is 16.6.